The number of aliphatic imine (C=N–C) groups is 1. The van der Waals surface area contributed by atoms with Gasteiger partial charge in [0, 0.05) is 46.8 Å². The molecule has 8 heteroatoms. The van der Waals surface area contributed by atoms with Crippen LogP contribution in [0.4, 0.5) is 0 Å². The first kappa shape index (κ1) is 21.4. The Balaban J connectivity index is 0.00000288. The van der Waals surface area contributed by atoms with Gasteiger partial charge in [0.05, 0.1) is 13.2 Å². The molecule has 0 radical (unpaired) electrons. The molecular formula is C16H32IN5O2. The number of morpholine rings is 1. The fraction of sp³-hybridized carbons (Fsp3) is 0.875. The molecule has 0 aromatic carbocycles. The van der Waals surface area contributed by atoms with Crippen LogP contribution >= 0.6 is 24.0 Å². The van der Waals surface area contributed by atoms with Gasteiger partial charge in [-0.1, -0.05) is 0 Å². The summed E-state index contributed by atoms with van der Waals surface area (Å²) in [7, 11) is 3.53. The lowest BCUT2D eigenvalue weighted by molar-refractivity contribution is -0.127. The SMILES string of the molecule is CN(C)C(=O)CN=C(NCCCN1CCOCC1)N1CCCC1.I. The van der Waals surface area contributed by atoms with Gasteiger partial charge in [-0.25, -0.2) is 4.99 Å². The lowest BCUT2D eigenvalue weighted by Crippen LogP contribution is -2.42. The summed E-state index contributed by atoms with van der Waals surface area (Å²) >= 11 is 0. The van der Waals surface area contributed by atoms with Gasteiger partial charge in [-0.3, -0.25) is 9.69 Å². The monoisotopic (exact) mass is 453 g/mol. The van der Waals surface area contributed by atoms with Crippen LogP contribution in [0.25, 0.3) is 0 Å². The second-order valence-electron chi connectivity index (χ2n) is 6.36. The molecule has 1 amide bonds. The van der Waals surface area contributed by atoms with E-state index in [2.05, 4.69) is 20.1 Å². The van der Waals surface area contributed by atoms with Crippen molar-refractivity contribution in [3.8, 4) is 0 Å². The average Bonchev–Trinajstić information content (AvgIpc) is 3.09. The molecule has 0 aliphatic carbocycles. The molecule has 0 atom stereocenters. The first-order valence-corrected chi connectivity index (χ1v) is 8.70. The fourth-order valence-corrected chi connectivity index (χ4v) is 2.81. The summed E-state index contributed by atoms with van der Waals surface area (Å²) in [6.45, 7) is 8.02. The molecule has 0 aromatic rings. The minimum atomic E-state index is 0. The molecule has 2 aliphatic rings. The van der Waals surface area contributed by atoms with Crippen molar-refractivity contribution in [1.82, 2.24) is 20.0 Å². The number of ether oxygens (including phenoxy) is 1. The first-order valence-electron chi connectivity index (χ1n) is 8.70. The second-order valence-corrected chi connectivity index (χ2v) is 6.36. The highest BCUT2D eigenvalue weighted by Crippen LogP contribution is 2.07. The third-order valence-corrected chi connectivity index (χ3v) is 4.31. The molecule has 0 bridgehead atoms. The maximum atomic E-state index is 11.8. The van der Waals surface area contributed by atoms with E-state index < -0.39 is 0 Å². The van der Waals surface area contributed by atoms with Crippen LogP contribution in [0.5, 0.6) is 0 Å². The van der Waals surface area contributed by atoms with E-state index in [1.807, 2.05) is 0 Å². The second kappa shape index (κ2) is 11.9. The van der Waals surface area contributed by atoms with E-state index in [1.54, 1.807) is 19.0 Å². The number of likely N-dealkylation sites (tertiary alicyclic amines) is 1. The normalized spacial score (nSPS) is 19.1. The van der Waals surface area contributed by atoms with Gasteiger partial charge < -0.3 is 19.9 Å². The van der Waals surface area contributed by atoms with Crippen LogP contribution in [0.3, 0.4) is 0 Å². The molecule has 140 valence electrons. The van der Waals surface area contributed by atoms with Crippen LogP contribution in [-0.4, -0.2) is 99.7 Å². The molecule has 0 aromatic heterocycles. The molecule has 1 N–H and O–H groups in total. The summed E-state index contributed by atoms with van der Waals surface area (Å²) in [4.78, 5) is 22.6. The smallest absolute Gasteiger partial charge is 0.243 e. The molecule has 2 heterocycles. The van der Waals surface area contributed by atoms with E-state index in [9.17, 15) is 4.79 Å². The van der Waals surface area contributed by atoms with Gasteiger partial charge in [0.25, 0.3) is 0 Å². The minimum absolute atomic E-state index is 0. The molecule has 0 unspecified atom stereocenters. The van der Waals surface area contributed by atoms with Gasteiger partial charge >= 0.3 is 0 Å². The van der Waals surface area contributed by atoms with E-state index in [0.29, 0.717) is 0 Å². The highest BCUT2D eigenvalue weighted by Gasteiger charge is 2.17. The molecule has 2 aliphatic heterocycles. The number of carbonyl (C=O) groups is 1. The van der Waals surface area contributed by atoms with Crippen LogP contribution < -0.4 is 5.32 Å². The number of hydrogen-bond acceptors (Lipinski definition) is 4. The number of amides is 1. The highest BCUT2D eigenvalue weighted by atomic mass is 127. The largest absolute Gasteiger partial charge is 0.379 e. The van der Waals surface area contributed by atoms with E-state index in [1.165, 1.54) is 12.8 Å². The Bertz CT molecular complexity index is 394. The average molecular weight is 453 g/mol. The molecule has 0 saturated carbocycles. The zero-order valence-corrected chi connectivity index (χ0v) is 17.3. The predicted molar refractivity (Wildman–Crippen MR) is 107 cm³/mol. The molecule has 0 spiro atoms. The van der Waals surface area contributed by atoms with E-state index in [4.69, 9.17) is 4.74 Å². The van der Waals surface area contributed by atoms with Gasteiger partial charge in [-0.2, -0.15) is 0 Å². The Morgan fingerprint density at radius 3 is 2.46 bits per heavy atom. The number of rotatable bonds is 6. The Labute approximate surface area is 162 Å². The quantitative estimate of drug-likeness (QED) is 0.274. The van der Waals surface area contributed by atoms with Crippen molar-refractivity contribution in [2.24, 2.45) is 4.99 Å². The Hall–Kier alpha value is -0.610. The molecule has 2 saturated heterocycles. The van der Waals surface area contributed by atoms with E-state index in [0.717, 1.165) is 64.9 Å². The number of hydrogen-bond donors (Lipinski definition) is 1. The highest BCUT2D eigenvalue weighted by molar-refractivity contribution is 14.0. The lowest BCUT2D eigenvalue weighted by atomic mass is 10.3. The lowest BCUT2D eigenvalue weighted by Gasteiger charge is -2.27. The molecule has 7 nitrogen and oxygen atoms in total. The van der Waals surface area contributed by atoms with E-state index in [-0.39, 0.29) is 36.4 Å². The van der Waals surface area contributed by atoms with Crippen LogP contribution in [0.1, 0.15) is 19.3 Å². The minimum Gasteiger partial charge on any atom is -0.379 e. The van der Waals surface area contributed by atoms with Crippen LogP contribution in [0, 0.1) is 0 Å². The van der Waals surface area contributed by atoms with Gasteiger partial charge in [0.1, 0.15) is 6.54 Å². The van der Waals surface area contributed by atoms with Gasteiger partial charge in [0.15, 0.2) is 5.96 Å². The fourth-order valence-electron chi connectivity index (χ4n) is 2.81. The molecular weight excluding hydrogens is 421 g/mol. The standard InChI is InChI=1S/C16H31N5O2.HI/c1-19(2)15(22)14-18-16(21-8-3-4-9-21)17-6-5-7-20-10-12-23-13-11-20;/h3-14H2,1-2H3,(H,17,18);1H. The Morgan fingerprint density at radius 1 is 1.17 bits per heavy atom. The van der Waals surface area contributed by atoms with Crippen molar-refractivity contribution >= 4 is 35.8 Å². The predicted octanol–water partition coefficient (Wildman–Crippen LogP) is 0.456. The molecule has 2 fully saturated rings. The summed E-state index contributed by atoms with van der Waals surface area (Å²) in [5, 5.41) is 3.44. The third kappa shape index (κ3) is 7.52. The van der Waals surface area contributed by atoms with Gasteiger partial charge in [0.2, 0.25) is 5.91 Å². The van der Waals surface area contributed by atoms with Crippen molar-refractivity contribution in [3.63, 3.8) is 0 Å². The number of likely N-dealkylation sites (N-methyl/N-ethyl adjacent to an activating group) is 1. The molecule has 2 rings (SSSR count). The topological polar surface area (TPSA) is 60.4 Å². The zero-order valence-electron chi connectivity index (χ0n) is 15.0. The summed E-state index contributed by atoms with van der Waals surface area (Å²) in [5.41, 5.74) is 0. The van der Waals surface area contributed by atoms with Crippen LogP contribution in [-0.2, 0) is 9.53 Å². The zero-order chi connectivity index (χ0) is 16.5. The number of halogens is 1. The number of nitrogens with zero attached hydrogens (tertiary/aromatic N) is 4. The van der Waals surface area contributed by atoms with Crippen molar-refractivity contribution in [1.29, 1.82) is 0 Å². The third-order valence-electron chi connectivity index (χ3n) is 4.31. The van der Waals surface area contributed by atoms with Crippen molar-refractivity contribution in [3.05, 3.63) is 0 Å². The van der Waals surface area contributed by atoms with Crippen LogP contribution in [0.2, 0.25) is 0 Å². The first-order chi connectivity index (χ1) is 11.2. The number of carbonyl (C=O) groups excluding carboxylic acids is 1. The summed E-state index contributed by atoms with van der Waals surface area (Å²) < 4.78 is 5.37. The Morgan fingerprint density at radius 2 is 1.83 bits per heavy atom. The van der Waals surface area contributed by atoms with E-state index >= 15 is 0 Å². The van der Waals surface area contributed by atoms with Crippen molar-refractivity contribution in [2.75, 3.05) is 73.1 Å². The van der Waals surface area contributed by atoms with Gasteiger partial charge in [-0.05, 0) is 25.8 Å². The maximum absolute atomic E-state index is 11.8. The molecule has 24 heavy (non-hydrogen) atoms. The number of nitrogens with one attached hydrogen (secondary N) is 1. The summed E-state index contributed by atoms with van der Waals surface area (Å²) in [6.07, 6.45) is 3.49. The van der Waals surface area contributed by atoms with Crippen molar-refractivity contribution in [2.45, 2.75) is 19.3 Å². The van der Waals surface area contributed by atoms with Gasteiger partial charge in [-0.15, -0.1) is 24.0 Å². The Kier molecular flexibility index (Phi) is 10.6. The van der Waals surface area contributed by atoms with Crippen LogP contribution in [0.15, 0.2) is 4.99 Å². The van der Waals surface area contributed by atoms with Crippen molar-refractivity contribution < 1.29 is 9.53 Å². The summed E-state index contributed by atoms with van der Waals surface area (Å²) in [5.74, 6) is 0.927. The summed E-state index contributed by atoms with van der Waals surface area (Å²) in [6, 6.07) is 0. The number of guanidine groups is 1. The maximum Gasteiger partial charge on any atom is 0.243 e.